The van der Waals surface area contributed by atoms with Crippen LogP contribution in [0, 0.1) is 18.8 Å². The molecule has 2 aromatic heterocycles. The highest BCUT2D eigenvalue weighted by atomic mass is 32.2. The van der Waals surface area contributed by atoms with E-state index in [-0.39, 0.29) is 57.6 Å². The summed E-state index contributed by atoms with van der Waals surface area (Å²) in [5.41, 5.74) is 36.7. The Morgan fingerprint density at radius 1 is 0.611 bits per heavy atom. The molecule has 14 amide bonds. The summed E-state index contributed by atoms with van der Waals surface area (Å²) in [4.78, 5) is 216. The van der Waals surface area contributed by atoms with Crippen molar-refractivity contribution >= 4 is 129 Å². The van der Waals surface area contributed by atoms with Crippen LogP contribution in [0.25, 0.3) is 22.2 Å². The molecule has 3 heterocycles. The van der Waals surface area contributed by atoms with E-state index in [9.17, 15) is 67.7 Å². The highest BCUT2D eigenvalue weighted by Crippen LogP contribution is 2.32. The number of carbonyl (C=O) groups is 15. The Hall–Kier alpha value is -10.9. The number of likely N-dealkylation sites (tertiary alicyclic amines) is 1. The molecule has 4 aromatic rings. The van der Waals surface area contributed by atoms with Gasteiger partial charge in [0.25, 0.3) is 0 Å². The third-order valence-electron chi connectivity index (χ3n) is 19.2. The second-order valence-electron chi connectivity index (χ2n) is 27.7. The second-order valence-corrected chi connectivity index (χ2v) is 29.7. The summed E-state index contributed by atoms with van der Waals surface area (Å²) < 4.78 is 1.45. The predicted octanol–water partition coefficient (Wildman–Crippen LogP) is -3.94. The lowest BCUT2D eigenvalue weighted by Gasteiger charge is -2.33. The molecule has 620 valence electrons. The van der Waals surface area contributed by atoms with Crippen LogP contribution in [0.5, 0.6) is 0 Å². The van der Waals surface area contributed by atoms with E-state index in [1.54, 1.807) is 82.9 Å². The SMILES string of the molecule is CC[C@H](C)[C@H](NC(=O)[C@@H](N)CCCN=C(N)N)C(=O)N[C@@H](CC(N)=O)C(=O)N[C@@H](CC(N)=O)C(=O)N[C@H](C(=O)N1C[C@@H](n2cc(-c3ccccc3C)nn2)C[C@H]1C(=O)N[C@@H](Cc1c[nH]c2ccccc12)C(=O)N[C@@H](CO)C(=O)N[C@@H](CCC(=O)O)C(=O)N[C@@H](C)C(=O)N[C@@H](CCSC)C(=O)N[C@@H](CCSC)C(N)=O)[C@@H](C)CC. The van der Waals surface area contributed by atoms with Gasteiger partial charge in [0.2, 0.25) is 82.7 Å². The molecule has 2 aromatic carbocycles. The first-order chi connectivity index (χ1) is 53.6. The van der Waals surface area contributed by atoms with Crippen molar-refractivity contribution in [2.75, 3.05) is 43.7 Å². The van der Waals surface area contributed by atoms with Gasteiger partial charge in [-0.2, -0.15) is 23.5 Å². The number of aromatic amines is 1. The van der Waals surface area contributed by atoms with Gasteiger partial charge in [-0.05, 0) is 99.0 Å². The summed E-state index contributed by atoms with van der Waals surface area (Å²) in [5, 5.41) is 55.0. The lowest BCUT2D eigenvalue weighted by Crippen LogP contribution is -2.62. The third-order valence-corrected chi connectivity index (χ3v) is 20.5. The number of aliphatic carboxylic acids is 1. The quantitative estimate of drug-likeness (QED) is 0.0114. The van der Waals surface area contributed by atoms with E-state index in [1.807, 2.05) is 25.1 Å². The first-order valence-corrected chi connectivity index (χ1v) is 39.7. The van der Waals surface area contributed by atoms with Crippen LogP contribution in [0.2, 0.25) is 0 Å². The number of thioether (sulfide) groups is 2. The van der Waals surface area contributed by atoms with Crippen molar-refractivity contribution in [2.45, 2.75) is 197 Å². The van der Waals surface area contributed by atoms with Gasteiger partial charge in [0.05, 0.1) is 37.7 Å². The van der Waals surface area contributed by atoms with Gasteiger partial charge in [-0.1, -0.05) is 88.2 Å². The van der Waals surface area contributed by atoms with Crippen LogP contribution in [0.1, 0.15) is 122 Å². The van der Waals surface area contributed by atoms with E-state index < -0.39 is 211 Å². The first kappa shape index (κ1) is 92.7. The molecule has 0 radical (unpaired) electrons. The van der Waals surface area contributed by atoms with E-state index in [0.717, 1.165) is 10.5 Å². The van der Waals surface area contributed by atoms with Gasteiger partial charge >= 0.3 is 5.97 Å². The molecule has 15 atom stereocenters. The number of primary amides is 3. The average Bonchev–Trinajstić information content (AvgIpc) is 1.63. The van der Waals surface area contributed by atoms with Gasteiger partial charge < -0.3 is 108 Å². The molecular formula is C72H108N22O17S2. The van der Waals surface area contributed by atoms with Crippen molar-refractivity contribution in [1.82, 2.24) is 78.0 Å². The Balaban J connectivity index is 1.48. The number of aliphatic hydroxyl groups excluding tert-OH is 1. The van der Waals surface area contributed by atoms with Crippen LogP contribution in [0.15, 0.2) is 65.9 Å². The predicted molar refractivity (Wildman–Crippen MR) is 420 cm³/mol. The maximum absolute atomic E-state index is 15.7. The molecule has 0 unspecified atom stereocenters. The molecule has 25 N–H and O–H groups in total. The minimum Gasteiger partial charge on any atom is -0.481 e. The summed E-state index contributed by atoms with van der Waals surface area (Å²) in [5.74, 6) is -16.2. The van der Waals surface area contributed by atoms with Gasteiger partial charge in [-0.3, -0.25) is 76.9 Å². The number of carbonyl (C=O) groups excluding carboxylic acids is 14. The van der Waals surface area contributed by atoms with Crippen molar-refractivity contribution in [2.24, 2.45) is 51.2 Å². The molecule has 0 spiro atoms. The number of benzene rings is 2. The number of guanidine groups is 1. The topological polar surface area (TPSA) is 635 Å². The number of aliphatic imine (C=N–C) groups is 1. The van der Waals surface area contributed by atoms with Crippen molar-refractivity contribution in [3.05, 3.63) is 72.1 Å². The number of nitrogens with zero attached hydrogens (tertiary/aromatic N) is 5. The number of para-hydroxylation sites is 1. The van der Waals surface area contributed by atoms with Crippen LogP contribution in [0.4, 0.5) is 0 Å². The Morgan fingerprint density at radius 3 is 1.73 bits per heavy atom. The van der Waals surface area contributed by atoms with Crippen LogP contribution in [-0.2, 0) is 78.3 Å². The fourth-order valence-electron chi connectivity index (χ4n) is 12.3. The number of nitrogens with two attached hydrogens (primary N) is 6. The highest BCUT2D eigenvalue weighted by molar-refractivity contribution is 7.98. The summed E-state index contributed by atoms with van der Waals surface area (Å²) in [6.45, 7) is 8.42. The van der Waals surface area contributed by atoms with E-state index >= 15 is 14.4 Å². The Kier molecular flexibility index (Phi) is 37.3. The minimum absolute atomic E-state index is 0.0894. The van der Waals surface area contributed by atoms with E-state index in [4.69, 9.17) is 34.4 Å². The molecule has 0 aliphatic carbocycles. The van der Waals surface area contributed by atoms with Crippen LogP contribution >= 0.6 is 23.5 Å². The standard InChI is InChI=1S/C72H108N22O17S2/c1-9-36(3)58(89-62(102)44(73)19-15-25-79-72(77)78)70(110)87-50(30-55(74)96)66(106)85-51(31-56(75)97)67(107)90-59(37(4)10-2)71(111)93-33-41(94-34-52(91-92-94)42-17-12-11-16-38(42)5)29-54(93)69(109)86-49(28-40-32-80-45-20-14-13-18-43(40)45)65(105)88-53(35-95)68(108)84-47(21-22-57(98)99)63(103)81-39(6)61(101)83-48(24-27-113-8)64(104)82-46(60(76)100)23-26-112-7/h11-14,16-18,20,32,34,36-37,39,41,44,46-51,53-54,58-59,80,95H,9-10,15,19,21-31,33,35,73H2,1-8H3,(H2,74,96)(H2,75,97)(H2,76,100)(H,81,103)(H,82,104)(H,83,101)(H,84,108)(H,85,106)(H,86,109)(H,87,110)(H,88,105)(H,89,102)(H,90,107)(H,98,99)(H4,77,78,79)/t36-,37-,39-,41-,44-,46-,47-,48-,49-,50-,51-,53-,54-,58-,59-/m0/s1. The fourth-order valence-corrected chi connectivity index (χ4v) is 13.2. The zero-order chi connectivity index (χ0) is 83.9. The molecule has 1 aliphatic rings. The molecule has 113 heavy (non-hydrogen) atoms. The molecule has 0 bridgehead atoms. The van der Waals surface area contributed by atoms with Gasteiger partial charge in [0, 0.05) is 55.0 Å². The maximum atomic E-state index is 15.7. The number of carboxylic acid groups (broad SMARTS) is 1. The number of hydrogen-bond acceptors (Lipinski definition) is 22. The molecule has 41 heteroatoms. The Bertz CT molecular complexity index is 4040. The lowest BCUT2D eigenvalue weighted by molar-refractivity contribution is -0.144. The molecular weight excluding hydrogens is 1510 g/mol. The molecule has 1 fully saturated rings. The van der Waals surface area contributed by atoms with Gasteiger partial charge in [-0.25, -0.2) is 4.68 Å². The normalized spacial score (nSPS) is 16.7. The zero-order valence-electron chi connectivity index (χ0n) is 64.5. The van der Waals surface area contributed by atoms with E-state index in [0.29, 0.717) is 52.1 Å². The van der Waals surface area contributed by atoms with Gasteiger partial charge in [0.1, 0.15) is 72.2 Å². The third kappa shape index (κ3) is 28.3. The monoisotopic (exact) mass is 1620 g/mol. The molecule has 0 saturated carbocycles. The Labute approximate surface area is 661 Å². The van der Waals surface area contributed by atoms with Gasteiger partial charge in [-0.15, -0.1) is 5.10 Å². The number of rotatable bonds is 48. The van der Waals surface area contributed by atoms with Gasteiger partial charge in [0.15, 0.2) is 5.96 Å². The van der Waals surface area contributed by atoms with E-state index in [1.165, 1.54) is 35.1 Å². The second kappa shape index (κ2) is 45.5. The van der Waals surface area contributed by atoms with Crippen molar-refractivity contribution in [1.29, 1.82) is 0 Å². The first-order valence-electron chi connectivity index (χ1n) is 36.9. The van der Waals surface area contributed by atoms with Crippen LogP contribution < -0.4 is 87.6 Å². The fraction of sp³-hybridized carbons (Fsp3) is 0.556. The van der Waals surface area contributed by atoms with Crippen LogP contribution in [0.3, 0.4) is 0 Å². The highest BCUT2D eigenvalue weighted by Gasteiger charge is 2.46. The number of amides is 14. The number of aliphatic hydroxyl groups is 1. The summed E-state index contributed by atoms with van der Waals surface area (Å²) >= 11 is 2.78. The summed E-state index contributed by atoms with van der Waals surface area (Å²) in [7, 11) is 0. The summed E-state index contributed by atoms with van der Waals surface area (Å²) in [6, 6.07) is -5.11. The molecule has 1 saturated heterocycles. The van der Waals surface area contributed by atoms with Crippen molar-refractivity contribution < 1.29 is 82.1 Å². The van der Waals surface area contributed by atoms with Crippen LogP contribution in [-0.4, -0.2) is 246 Å². The maximum Gasteiger partial charge on any atom is 0.303 e. The lowest BCUT2D eigenvalue weighted by atomic mass is 9.96. The Morgan fingerprint density at radius 2 is 1.13 bits per heavy atom. The molecule has 5 rings (SSSR count). The number of hydrogen-bond donors (Lipinski definition) is 19. The molecule has 1 aliphatic heterocycles. The number of nitrogens with one attached hydrogen (secondary N) is 11. The molecule has 39 nitrogen and oxygen atoms in total. The van der Waals surface area contributed by atoms with E-state index in [2.05, 4.69) is 73.5 Å². The number of H-pyrrole nitrogens is 1. The number of carboxylic acids is 1. The van der Waals surface area contributed by atoms with Crippen molar-refractivity contribution in [3.63, 3.8) is 0 Å². The average molecular weight is 1620 g/mol. The van der Waals surface area contributed by atoms with Crippen molar-refractivity contribution in [3.8, 4) is 11.3 Å². The largest absolute Gasteiger partial charge is 0.481 e. The number of aryl methyl sites for hydroxylation is 1. The zero-order valence-corrected chi connectivity index (χ0v) is 66.1. The number of fused-ring (bicyclic) bond motifs is 1. The smallest absolute Gasteiger partial charge is 0.303 e. The summed E-state index contributed by atoms with van der Waals surface area (Å²) in [6.07, 6.45) is 4.26. The minimum atomic E-state index is -1.94. The number of aromatic nitrogens is 4.